The summed E-state index contributed by atoms with van der Waals surface area (Å²) in [7, 11) is 2.09. The molecule has 0 saturated carbocycles. The molecule has 1 aromatic heterocycles. The molecule has 1 aromatic carbocycles. The van der Waals surface area contributed by atoms with Gasteiger partial charge in [0, 0.05) is 24.8 Å². The average Bonchev–Trinajstić information content (AvgIpc) is 2.86. The van der Waals surface area contributed by atoms with Crippen molar-refractivity contribution in [3.05, 3.63) is 53.5 Å². The van der Waals surface area contributed by atoms with Gasteiger partial charge in [-0.3, -0.25) is 0 Å². The van der Waals surface area contributed by atoms with Crippen molar-refractivity contribution < 1.29 is 4.42 Å². The lowest BCUT2D eigenvalue weighted by molar-refractivity contribution is 0.502. The Hall–Kier alpha value is -1.74. The molecule has 0 spiro atoms. The Balaban J connectivity index is 1.90. The number of nitrogens with zero attached hydrogens (tertiary/aromatic N) is 1. The van der Waals surface area contributed by atoms with Gasteiger partial charge in [0.1, 0.15) is 5.76 Å². The van der Waals surface area contributed by atoms with Gasteiger partial charge in [0.05, 0.1) is 12.8 Å². The van der Waals surface area contributed by atoms with Crippen LogP contribution in [0.4, 0.5) is 5.69 Å². The standard InChI is InChI=1S/C18H26N2O/c1-14(2)10-19-11-16-9-18(21-13-16)12-20(4)17-7-5-6-15(3)8-17/h5-9,13-14,19H,10-12H2,1-4H3. The van der Waals surface area contributed by atoms with E-state index in [1.807, 2.05) is 6.26 Å². The van der Waals surface area contributed by atoms with Crippen molar-refractivity contribution in [1.29, 1.82) is 0 Å². The van der Waals surface area contributed by atoms with Crippen LogP contribution in [0.15, 0.2) is 41.0 Å². The van der Waals surface area contributed by atoms with E-state index in [0.717, 1.165) is 25.4 Å². The van der Waals surface area contributed by atoms with E-state index in [1.165, 1.54) is 16.8 Å². The highest BCUT2D eigenvalue weighted by molar-refractivity contribution is 5.47. The van der Waals surface area contributed by atoms with Crippen LogP contribution >= 0.6 is 0 Å². The predicted octanol–water partition coefficient (Wildman–Crippen LogP) is 3.97. The zero-order valence-electron chi connectivity index (χ0n) is 13.5. The summed E-state index contributed by atoms with van der Waals surface area (Å²) in [4.78, 5) is 2.21. The SMILES string of the molecule is Cc1cccc(N(C)Cc2cc(CNCC(C)C)co2)c1. The maximum Gasteiger partial charge on any atom is 0.123 e. The highest BCUT2D eigenvalue weighted by atomic mass is 16.3. The fourth-order valence-electron chi connectivity index (χ4n) is 2.30. The number of hydrogen-bond acceptors (Lipinski definition) is 3. The second-order valence-corrected chi connectivity index (χ2v) is 6.14. The molecule has 1 heterocycles. The molecule has 0 unspecified atom stereocenters. The quantitative estimate of drug-likeness (QED) is 0.835. The Kier molecular flexibility index (Phi) is 5.45. The van der Waals surface area contributed by atoms with Crippen LogP contribution in [-0.2, 0) is 13.1 Å². The molecule has 2 aromatic rings. The molecule has 3 nitrogen and oxygen atoms in total. The van der Waals surface area contributed by atoms with Crippen molar-refractivity contribution in [3.8, 4) is 0 Å². The lowest BCUT2D eigenvalue weighted by Crippen LogP contribution is -2.18. The number of aryl methyl sites for hydroxylation is 1. The summed E-state index contributed by atoms with van der Waals surface area (Å²) in [5.74, 6) is 1.67. The van der Waals surface area contributed by atoms with Crippen molar-refractivity contribution in [2.45, 2.75) is 33.9 Å². The van der Waals surface area contributed by atoms with Crippen molar-refractivity contribution in [2.24, 2.45) is 5.92 Å². The molecule has 0 aliphatic heterocycles. The first-order valence-corrected chi connectivity index (χ1v) is 7.59. The topological polar surface area (TPSA) is 28.4 Å². The molecule has 0 atom stereocenters. The van der Waals surface area contributed by atoms with Gasteiger partial charge in [0.2, 0.25) is 0 Å². The maximum atomic E-state index is 5.66. The summed E-state index contributed by atoms with van der Waals surface area (Å²) in [5, 5.41) is 3.43. The predicted molar refractivity (Wildman–Crippen MR) is 88.5 cm³/mol. The highest BCUT2D eigenvalue weighted by Gasteiger charge is 2.07. The summed E-state index contributed by atoms with van der Waals surface area (Å²) in [5.41, 5.74) is 3.70. The number of furan rings is 1. The molecule has 0 amide bonds. The fourth-order valence-corrected chi connectivity index (χ4v) is 2.30. The summed E-state index contributed by atoms with van der Waals surface area (Å²) in [6, 6.07) is 10.7. The zero-order chi connectivity index (χ0) is 15.2. The van der Waals surface area contributed by atoms with Gasteiger partial charge in [-0.2, -0.15) is 0 Å². The number of rotatable bonds is 7. The smallest absolute Gasteiger partial charge is 0.123 e. The number of anilines is 1. The third-order valence-corrected chi connectivity index (χ3v) is 3.43. The van der Waals surface area contributed by atoms with Gasteiger partial charge in [-0.25, -0.2) is 0 Å². The minimum absolute atomic E-state index is 0.670. The Labute approximate surface area is 128 Å². The van der Waals surface area contributed by atoms with E-state index in [1.54, 1.807) is 0 Å². The van der Waals surface area contributed by atoms with Crippen LogP contribution in [0.25, 0.3) is 0 Å². The van der Waals surface area contributed by atoms with Gasteiger partial charge < -0.3 is 14.6 Å². The van der Waals surface area contributed by atoms with E-state index >= 15 is 0 Å². The Morgan fingerprint density at radius 1 is 1.24 bits per heavy atom. The molecule has 2 rings (SSSR count). The van der Waals surface area contributed by atoms with Crippen LogP contribution in [0, 0.1) is 12.8 Å². The lowest BCUT2D eigenvalue weighted by Gasteiger charge is -2.18. The Bertz CT molecular complexity index is 560. The van der Waals surface area contributed by atoms with Gasteiger partial charge in [0.15, 0.2) is 0 Å². The molecule has 0 radical (unpaired) electrons. The lowest BCUT2D eigenvalue weighted by atomic mass is 10.2. The molecule has 0 aliphatic carbocycles. The summed E-state index contributed by atoms with van der Waals surface area (Å²) in [6.07, 6.45) is 1.85. The summed E-state index contributed by atoms with van der Waals surface area (Å²) < 4.78 is 5.66. The number of benzene rings is 1. The molecule has 21 heavy (non-hydrogen) atoms. The first-order valence-electron chi connectivity index (χ1n) is 7.59. The molecular formula is C18H26N2O. The first kappa shape index (κ1) is 15.6. The molecule has 0 saturated heterocycles. The fraction of sp³-hybridized carbons (Fsp3) is 0.444. The van der Waals surface area contributed by atoms with E-state index in [9.17, 15) is 0 Å². The largest absolute Gasteiger partial charge is 0.467 e. The summed E-state index contributed by atoms with van der Waals surface area (Å²) >= 11 is 0. The normalized spacial score (nSPS) is 11.1. The molecule has 3 heteroatoms. The highest BCUT2D eigenvalue weighted by Crippen LogP contribution is 2.18. The molecule has 114 valence electrons. The second kappa shape index (κ2) is 7.32. The van der Waals surface area contributed by atoms with Crippen LogP contribution in [0.1, 0.15) is 30.7 Å². The van der Waals surface area contributed by atoms with Crippen LogP contribution in [0.5, 0.6) is 0 Å². The molecule has 0 aliphatic rings. The summed E-state index contributed by atoms with van der Waals surface area (Å²) in [6.45, 7) is 9.23. The average molecular weight is 286 g/mol. The van der Waals surface area contributed by atoms with E-state index < -0.39 is 0 Å². The van der Waals surface area contributed by atoms with Crippen LogP contribution < -0.4 is 10.2 Å². The van der Waals surface area contributed by atoms with Crippen molar-refractivity contribution in [1.82, 2.24) is 5.32 Å². The Morgan fingerprint density at radius 2 is 2.05 bits per heavy atom. The molecular weight excluding hydrogens is 260 g/mol. The third kappa shape index (κ3) is 4.94. The minimum Gasteiger partial charge on any atom is -0.467 e. The van der Waals surface area contributed by atoms with Crippen LogP contribution in [-0.4, -0.2) is 13.6 Å². The van der Waals surface area contributed by atoms with Gasteiger partial charge in [0.25, 0.3) is 0 Å². The van der Waals surface area contributed by atoms with E-state index in [4.69, 9.17) is 4.42 Å². The van der Waals surface area contributed by atoms with E-state index in [0.29, 0.717) is 5.92 Å². The third-order valence-electron chi connectivity index (χ3n) is 3.43. The van der Waals surface area contributed by atoms with Crippen LogP contribution in [0.2, 0.25) is 0 Å². The van der Waals surface area contributed by atoms with Gasteiger partial charge >= 0.3 is 0 Å². The van der Waals surface area contributed by atoms with Crippen molar-refractivity contribution >= 4 is 5.69 Å². The first-order chi connectivity index (χ1) is 10.0. The Morgan fingerprint density at radius 3 is 2.76 bits per heavy atom. The maximum absolute atomic E-state index is 5.66. The van der Waals surface area contributed by atoms with Gasteiger partial charge in [-0.15, -0.1) is 0 Å². The molecule has 1 N–H and O–H groups in total. The second-order valence-electron chi connectivity index (χ2n) is 6.14. The minimum atomic E-state index is 0.670. The number of hydrogen-bond donors (Lipinski definition) is 1. The van der Waals surface area contributed by atoms with Crippen molar-refractivity contribution in [3.63, 3.8) is 0 Å². The number of nitrogens with one attached hydrogen (secondary N) is 1. The zero-order valence-corrected chi connectivity index (χ0v) is 13.5. The molecule has 0 bridgehead atoms. The van der Waals surface area contributed by atoms with E-state index in [-0.39, 0.29) is 0 Å². The van der Waals surface area contributed by atoms with E-state index in [2.05, 4.69) is 68.4 Å². The van der Waals surface area contributed by atoms with Gasteiger partial charge in [-0.05, 0) is 43.1 Å². The van der Waals surface area contributed by atoms with Gasteiger partial charge in [-0.1, -0.05) is 26.0 Å². The van der Waals surface area contributed by atoms with Crippen molar-refractivity contribution in [2.75, 3.05) is 18.5 Å². The van der Waals surface area contributed by atoms with Crippen LogP contribution in [0.3, 0.4) is 0 Å². The molecule has 0 fully saturated rings. The monoisotopic (exact) mass is 286 g/mol.